The van der Waals surface area contributed by atoms with Crippen LogP contribution in [0.25, 0.3) is 0 Å². The Hall–Kier alpha value is -2.08. The van der Waals surface area contributed by atoms with Gasteiger partial charge < -0.3 is 9.47 Å². The first kappa shape index (κ1) is 18.7. The number of nitrogens with zero attached hydrogens (tertiary/aromatic N) is 3. The topological polar surface area (TPSA) is 38.1 Å². The minimum atomic E-state index is -0.0287. The fourth-order valence-electron chi connectivity index (χ4n) is 2.57. The number of halogens is 2. The summed E-state index contributed by atoms with van der Waals surface area (Å²) >= 11 is 13.7. The average Bonchev–Trinajstić information content (AvgIpc) is 3.29. The van der Waals surface area contributed by atoms with Gasteiger partial charge in [0, 0.05) is 29.0 Å². The van der Waals surface area contributed by atoms with E-state index in [9.17, 15) is 4.79 Å². The third kappa shape index (κ3) is 4.36. The summed E-state index contributed by atoms with van der Waals surface area (Å²) in [6.45, 7) is 5.15. The van der Waals surface area contributed by atoms with Crippen LogP contribution >= 0.6 is 34.5 Å². The molecule has 3 rings (SSSR count). The van der Waals surface area contributed by atoms with Crippen LogP contribution in [0.3, 0.4) is 0 Å². The van der Waals surface area contributed by atoms with E-state index in [1.54, 1.807) is 23.2 Å². The number of carbonyl (C=O) groups excluding carboxylic acids is 1. The molecule has 1 aromatic carbocycles. The van der Waals surface area contributed by atoms with E-state index in [0.29, 0.717) is 34.6 Å². The summed E-state index contributed by atoms with van der Waals surface area (Å²) in [4.78, 5) is 19.5. The van der Waals surface area contributed by atoms with Gasteiger partial charge in [-0.2, -0.15) is 0 Å². The quantitative estimate of drug-likeness (QED) is 0.511. The van der Waals surface area contributed by atoms with Crippen molar-refractivity contribution in [3.8, 4) is 0 Å². The summed E-state index contributed by atoms with van der Waals surface area (Å²) in [6.07, 6.45) is 5.32. The molecule has 134 valence electrons. The van der Waals surface area contributed by atoms with Crippen molar-refractivity contribution in [2.75, 3.05) is 6.54 Å². The number of rotatable bonds is 7. The lowest BCUT2D eigenvalue weighted by Crippen LogP contribution is -2.31. The van der Waals surface area contributed by atoms with Gasteiger partial charge in [-0.05, 0) is 29.1 Å². The van der Waals surface area contributed by atoms with E-state index in [2.05, 4.69) is 11.6 Å². The maximum absolute atomic E-state index is 12.7. The Morgan fingerprint density at radius 3 is 2.88 bits per heavy atom. The van der Waals surface area contributed by atoms with E-state index in [0.717, 1.165) is 11.4 Å². The Kier molecular flexibility index (Phi) is 6.14. The maximum atomic E-state index is 12.7. The van der Waals surface area contributed by atoms with E-state index in [-0.39, 0.29) is 5.91 Å². The van der Waals surface area contributed by atoms with Crippen LogP contribution < -0.4 is 0 Å². The molecule has 2 heterocycles. The van der Waals surface area contributed by atoms with Crippen LogP contribution in [0.5, 0.6) is 0 Å². The standard InChI is InChI=1S/C19H17Cl2N3OS/c1-2-8-24(19(25)17-4-3-10-26-17)13-18-22-7-9-23(18)12-14-5-6-15(20)11-16(14)21/h2-7,9-11H,1,8,12-13H2. The van der Waals surface area contributed by atoms with Crippen molar-refractivity contribution >= 4 is 40.4 Å². The van der Waals surface area contributed by atoms with Gasteiger partial charge >= 0.3 is 0 Å². The van der Waals surface area contributed by atoms with Gasteiger partial charge in [0.05, 0.1) is 18.0 Å². The first-order chi connectivity index (χ1) is 12.6. The Morgan fingerprint density at radius 1 is 1.35 bits per heavy atom. The Labute approximate surface area is 166 Å². The minimum absolute atomic E-state index is 0.0287. The molecule has 0 spiro atoms. The van der Waals surface area contributed by atoms with Crippen molar-refractivity contribution in [3.05, 3.63) is 87.1 Å². The molecule has 0 bridgehead atoms. The normalized spacial score (nSPS) is 10.7. The van der Waals surface area contributed by atoms with Crippen LogP contribution in [-0.2, 0) is 13.1 Å². The van der Waals surface area contributed by atoms with Gasteiger partial charge in [-0.15, -0.1) is 17.9 Å². The zero-order chi connectivity index (χ0) is 18.5. The van der Waals surface area contributed by atoms with Crippen LogP contribution in [0.1, 0.15) is 21.1 Å². The van der Waals surface area contributed by atoms with E-state index >= 15 is 0 Å². The molecule has 4 nitrogen and oxygen atoms in total. The molecule has 2 aromatic heterocycles. The molecule has 0 aliphatic carbocycles. The van der Waals surface area contributed by atoms with Crippen molar-refractivity contribution in [2.45, 2.75) is 13.1 Å². The molecule has 0 saturated carbocycles. The van der Waals surface area contributed by atoms with Crippen molar-refractivity contribution in [2.24, 2.45) is 0 Å². The van der Waals surface area contributed by atoms with Crippen LogP contribution in [-0.4, -0.2) is 26.9 Å². The molecule has 3 aromatic rings. The third-order valence-electron chi connectivity index (χ3n) is 3.86. The lowest BCUT2D eigenvalue weighted by atomic mass is 10.2. The third-order valence-corrected chi connectivity index (χ3v) is 5.30. The fourth-order valence-corrected chi connectivity index (χ4v) is 3.73. The number of hydrogen-bond acceptors (Lipinski definition) is 3. The molecule has 0 atom stereocenters. The minimum Gasteiger partial charge on any atom is -0.329 e. The van der Waals surface area contributed by atoms with Gasteiger partial charge in [-0.1, -0.05) is 41.4 Å². The highest BCUT2D eigenvalue weighted by Crippen LogP contribution is 2.22. The highest BCUT2D eigenvalue weighted by molar-refractivity contribution is 7.12. The Balaban J connectivity index is 1.80. The Morgan fingerprint density at radius 2 is 2.19 bits per heavy atom. The van der Waals surface area contributed by atoms with Crippen molar-refractivity contribution in [1.82, 2.24) is 14.5 Å². The highest BCUT2D eigenvalue weighted by Gasteiger charge is 2.18. The summed E-state index contributed by atoms with van der Waals surface area (Å²) in [5.74, 6) is 0.752. The average molecular weight is 406 g/mol. The predicted octanol–water partition coefficient (Wildman–Crippen LogP) is 5.13. The zero-order valence-corrected chi connectivity index (χ0v) is 16.3. The molecule has 0 aliphatic heterocycles. The first-order valence-corrected chi connectivity index (χ1v) is 9.59. The van der Waals surface area contributed by atoms with E-state index in [4.69, 9.17) is 23.2 Å². The summed E-state index contributed by atoms with van der Waals surface area (Å²) in [6, 6.07) is 9.12. The summed E-state index contributed by atoms with van der Waals surface area (Å²) in [7, 11) is 0. The smallest absolute Gasteiger partial charge is 0.264 e. The number of thiophene rings is 1. The first-order valence-electron chi connectivity index (χ1n) is 7.96. The van der Waals surface area contributed by atoms with Crippen LogP contribution in [0.4, 0.5) is 0 Å². The fraction of sp³-hybridized carbons (Fsp3) is 0.158. The second-order valence-electron chi connectivity index (χ2n) is 5.66. The number of amides is 1. The SMILES string of the molecule is C=CCN(Cc1nccn1Cc1ccc(Cl)cc1Cl)C(=O)c1cccs1. The number of aromatic nitrogens is 2. The lowest BCUT2D eigenvalue weighted by Gasteiger charge is -2.21. The molecular weight excluding hydrogens is 389 g/mol. The second kappa shape index (κ2) is 8.54. The molecule has 0 saturated heterocycles. The Bertz CT molecular complexity index is 905. The molecule has 0 unspecified atom stereocenters. The van der Waals surface area contributed by atoms with Crippen LogP contribution in [0, 0.1) is 0 Å². The molecule has 1 amide bonds. The molecule has 0 fully saturated rings. The number of hydrogen-bond donors (Lipinski definition) is 0. The van der Waals surface area contributed by atoms with Crippen molar-refractivity contribution < 1.29 is 4.79 Å². The maximum Gasteiger partial charge on any atom is 0.264 e. The van der Waals surface area contributed by atoms with Gasteiger partial charge in [0.15, 0.2) is 0 Å². The second-order valence-corrected chi connectivity index (χ2v) is 7.45. The van der Waals surface area contributed by atoms with Gasteiger partial charge in [-0.25, -0.2) is 4.98 Å². The summed E-state index contributed by atoms with van der Waals surface area (Å²) in [5, 5.41) is 3.10. The molecule has 26 heavy (non-hydrogen) atoms. The number of benzene rings is 1. The van der Waals surface area contributed by atoms with Crippen molar-refractivity contribution in [1.29, 1.82) is 0 Å². The highest BCUT2D eigenvalue weighted by atomic mass is 35.5. The summed E-state index contributed by atoms with van der Waals surface area (Å²) in [5.41, 5.74) is 0.940. The molecule has 0 aliphatic rings. The summed E-state index contributed by atoms with van der Waals surface area (Å²) < 4.78 is 1.98. The van der Waals surface area contributed by atoms with E-state index in [1.807, 2.05) is 40.4 Å². The van der Waals surface area contributed by atoms with Gasteiger partial charge in [-0.3, -0.25) is 4.79 Å². The van der Waals surface area contributed by atoms with E-state index < -0.39 is 0 Å². The van der Waals surface area contributed by atoms with Crippen molar-refractivity contribution in [3.63, 3.8) is 0 Å². The van der Waals surface area contributed by atoms with Gasteiger partial charge in [0.1, 0.15) is 5.82 Å². The molecule has 0 N–H and O–H groups in total. The number of carbonyl (C=O) groups is 1. The largest absolute Gasteiger partial charge is 0.329 e. The molecule has 7 heteroatoms. The van der Waals surface area contributed by atoms with Gasteiger partial charge in [0.25, 0.3) is 5.91 Å². The zero-order valence-electron chi connectivity index (χ0n) is 13.9. The lowest BCUT2D eigenvalue weighted by molar-refractivity contribution is 0.0762. The predicted molar refractivity (Wildman–Crippen MR) is 107 cm³/mol. The van der Waals surface area contributed by atoms with Gasteiger partial charge in [0.2, 0.25) is 0 Å². The van der Waals surface area contributed by atoms with Crippen LogP contribution in [0.15, 0.2) is 60.8 Å². The molecule has 0 radical (unpaired) electrons. The van der Waals surface area contributed by atoms with E-state index in [1.165, 1.54) is 11.3 Å². The van der Waals surface area contributed by atoms with Crippen LogP contribution in [0.2, 0.25) is 10.0 Å². The monoisotopic (exact) mass is 405 g/mol. The molecular formula is C19H17Cl2N3OS. The number of imidazole rings is 1.